The van der Waals surface area contributed by atoms with Crippen molar-refractivity contribution < 1.29 is 23.8 Å². The molecule has 0 aliphatic heterocycles. The fourth-order valence-electron chi connectivity index (χ4n) is 5.68. The van der Waals surface area contributed by atoms with Crippen LogP contribution in [0.1, 0.15) is 70.6 Å². The molecule has 0 radical (unpaired) electrons. The number of halogens is 2. The highest BCUT2D eigenvalue weighted by Gasteiger charge is 2.04. The minimum atomic E-state index is -0.421. The SMILES string of the molecule is Cc1ccc(/C=C/C(N)=O)cc1.Cc1ccc(/C=C/c2nc(COc3ccc(CCCCn4ccnn4)cc3)co2)cc1.O=C(CCl)CCl.Oc1ccc(CCCCn2ccnn2)cc1. The van der Waals surface area contributed by atoms with Crippen LogP contribution in [0.2, 0.25) is 0 Å². The van der Waals surface area contributed by atoms with Gasteiger partial charge in [0.2, 0.25) is 11.8 Å². The van der Waals surface area contributed by atoms with Crippen LogP contribution in [0.15, 0.2) is 139 Å². The maximum Gasteiger partial charge on any atom is 0.241 e. The van der Waals surface area contributed by atoms with E-state index in [1.54, 1.807) is 36.9 Å². The Morgan fingerprint density at radius 2 is 1.20 bits per heavy atom. The van der Waals surface area contributed by atoms with E-state index < -0.39 is 5.91 Å². The van der Waals surface area contributed by atoms with E-state index in [1.165, 1.54) is 28.3 Å². The molecule has 4 aromatic carbocycles. The molecule has 0 saturated heterocycles. The number of Topliss-reactive ketones (excluding diaryl/α,β-unsaturated/α-hetero) is 1. The van der Waals surface area contributed by atoms with Crippen molar-refractivity contribution in [3.8, 4) is 11.5 Å². The Balaban J connectivity index is 0.000000226. The first-order valence-corrected chi connectivity index (χ1v) is 22.2. The first-order chi connectivity index (χ1) is 31.6. The number of hydrogen-bond acceptors (Lipinski definition) is 10. The van der Waals surface area contributed by atoms with Crippen molar-refractivity contribution in [2.24, 2.45) is 5.73 Å². The zero-order valence-corrected chi connectivity index (χ0v) is 38.3. The highest BCUT2D eigenvalue weighted by atomic mass is 35.5. The van der Waals surface area contributed by atoms with Crippen molar-refractivity contribution in [1.82, 2.24) is 35.0 Å². The van der Waals surface area contributed by atoms with Crippen LogP contribution in [-0.4, -0.2) is 63.5 Å². The number of oxazole rings is 1. The number of hydrogen-bond donors (Lipinski definition) is 2. The van der Waals surface area contributed by atoms with Gasteiger partial charge >= 0.3 is 0 Å². The Hall–Kier alpha value is -6.83. The molecule has 0 atom stereocenters. The van der Waals surface area contributed by atoms with Crippen LogP contribution >= 0.6 is 23.2 Å². The number of amides is 1. The number of ether oxygens (including phenoxy) is 1. The lowest BCUT2D eigenvalue weighted by molar-refractivity contribution is -0.114. The molecule has 0 fully saturated rings. The maximum absolute atomic E-state index is 10.4. The number of nitrogens with zero attached hydrogens (tertiary/aromatic N) is 7. The summed E-state index contributed by atoms with van der Waals surface area (Å²) in [5.41, 5.74) is 12.8. The largest absolute Gasteiger partial charge is 0.508 e. The summed E-state index contributed by atoms with van der Waals surface area (Å²) in [5.74, 6) is 1.24. The molecule has 340 valence electrons. The highest BCUT2D eigenvalue weighted by molar-refractivity contribution is 6.35. The zero-order valence-electron chi connectivity index (χ0n) is 36.8. The van der Waals surface area contributed by atoms with E-state index in [2.05, 4.69) is 68.9 Å². The van der Waals surface area contributed by atoms with Gasteiger partial charge in [-0.1, -0.05) is 94.4 Å². The number of carbonyl (C=O) groups is 2. The Morgan fingerprint density at radius 3 is 1.66 bits per heavy atom. The van der Waals surface area contributed by atoms with Gasteiger partial charge in [0.05, 0.1) is 24.2 Å². The number of rotatable bonds is 19. The monoisotopic (exact) mass is 918 g/mol. The predicted octanol–water partition coefficient (Wildman–Crippen LogP) is 9.88. The number of aromatic hydroxyl groups is 1. The van der Waals surface area contributed by atoms with Crippen molar-refractivity contribution in [3.63, 3.8) is 0 Å². The van der Waals surface area contributed by atoms with Crippen molar-refractivity contribution in [2.45, 2.75) is 72.1 Å². The summed E-state index contributed by atoms with van der Waals surface area (Å²) < 4.78 is 15.1. The van der Waals surface area contributed by atoms with Crippen LogP contribution in [0.25, 0.3) is 18.2 Å². The van der Waals surface area contributed by atoms with Gasteiger partial charge in [-0.15, -0.1) is 33.4 Å². The summed E-state index contributed by atoms with van der Waals surface area (Å²) in [7, 11) is 0. The molecule has 0 unspecified atom stereocenters. The fraction of sp³-hybridized carbons (Fsp3) is 0.260. The van der Waals surface area contributed by atoms with E-state index >= 15 is 0 Å². The van der Waals surface area contributed by atoms with E-state index in [0.717, 1.165) is 74.2 Å². The van der Waals surface area contributed by atoms with Crippen molar-refractivity contribution in [2.75, 3.05) is 11.8 Å². The zero-order chi connectivity index (χ0) is 46.5. The van der Waals surface area contributed by atoms with Gasteiger partial charge in [-0.25, -0.2) is 4.98 Å². The number of aromatic nitrogens is 7. The first kappa shape index (κ1) is 50.8. The quantitative estimate of drug-likeness (QED) is 0.0451. The smallest absolute Gasteiger partial charge is 0.241 e. The minimum absolute atomic E-state index is 0.0312. The van der Waals surface area contributed by atoms with Gasteiger partial charge in [-0.2, -0.15) is 0 Å². The number of phenolic OH excluding ortho intramolecular Hbond substituents is 1. The minimum Gasteiger partial charge on any atom is -0.508 e. The molecular formula is C50H56Cl2N8O5. The summed E-state index contributed by atoms with van der Waals surface area (Å²) in [6.07, 6.45) is 22.2. The fourth-order valence-corrected chi connectivity index (χ4v) is 5.97. The number of alkyl halides is 2. The summed E-state index contributed by atoms with van der Waals surface area (Å²) >= 11 is 10.0. The summed E-state index contributed by atoms with van der Waals surface area (Å²) in [4.78, 5) is 24.7. The van der Waals surface area contributed by atoms with Crippen molar-refractivity contribution in [3.05, 3.63) is 179 Å². The average Bonchev–Trinajstić information content (AvgIpc) is 4.15. The van der Waals surface area contributed by atoms with Crippen LogP contribution in [0, 0.1) is 13.8 Å². The standard InChI is InChI=1S/C25H26N4O2.C12H15N3O.C10H11NO.C3H4Cl2O/c1-20-5-7-22(8-6-20)11-14-25-27-23(19-31-25)18-30-24-12-9-21(10-13-24)4-2-3-16-29-17-15-26-28-29;16-12-6-4-11(5-7-12)3-1-2-9-15-10-8-13-14-15;1-8-2-4-9(5-3-8)6-7-10(11)12;4-1-3(6)2-5/h5-15,17,19H,2-4,16,18H2,1H3;4-8,10,16H,1-3,9H2;2-7H,1H3,(H2,11,12);1-2H2/b14-11+;;7-6+;. The van der Waals surface area contributed by atoms with Gasteiger partial charge in [0.25, 0.3) is 0 Å². The lowest BCUT2D eigenvalue weighted by Crippen LogP contribution is -2.04. The van der Waals surface area contributed by atoms with Gasteiger partial charge in [0.1, 0.15) is 30.1 Å². The molecule has 15 heteroatoms. The second-order valence-corrected chi connectivity index (χ2v) is 15.3. The molecule has 0 spiro atoms. The summed E-state index contributed by atoms with van der Waals surface area (Å²) in [6, 6.07) is 31.8. The highest BCUT2D eigenvalue weighted by Crippen LogP contribution is 2.17. The molecule has 3 aromatic heterocycles. The molecule has 7 rings (SSSR count). The van der Waals surface area contributed by atoms with Crippen LogP contribution < -0.4 is 10.5 Å². The van der Waals surface area contributed by atoms with E-state index in [0.29, 0.717) is 18.2 Å². The third-order valence-electron chi connectivity index (χ3n) is 9.28. The number of phenols is 1. The molecular weight excluding hydrogens is 864 g/mol. The number of carbonyl (C=O) groups excluding carboxylic acids is 2. The Kier molecular flexibility index (Phi) is 23.1. The van der Waals surface area contributed by atoms with Crippen molar-refractivity contribution >= 4 is 53.1 Å². The number of ketones is 1. The van der Waals surface area contributed by atoms with E-state index in [4.69, 9.17) is 43.2 Å². The van der Waals surface area contributed by atoms with Crippen LogP contribution in [0.5, 0.6) is 11.5 Å². The van der Waals surface area contributed by atoms with Gasteiger partial charge in [-0.05, 0) is 111 Å². The van der Waals surface area contributed by atoms with E-state index in [1.807, 2.05) is 89.4 Å². The van der Waals surface area contributed by atoms with Crippen molar-refractivity contribution in [1.29, 1.82) is 0 Å². The molecule has 0 aliphatic carbocycles. The molecule has 3 heterocycles. The molecule has 7 aromatic rings. The van der Waals surface area contributed by atoms with Gasteiger partial charge in [-0.3, -0.25) is 19.0 Å². The number of nitrogens with two attached hydrogens (primary N) is 1. The van der Waals surface area contributed by atoms with Gasteiger partial charge in [0.15, 0.2) is 5.78 Å². The predicted molar refractivity (Wildman–Crippen MR) is 257 cm³/mol. The number of unbranched alkanes of at least 4 members (excludes halogenated alkanes) is 2. The molecule has 0 saturated carbocycles. The summed E-state index contributed by atoms with van der Waals surface area (Å²) in [5, 5.41) is 24.6. The Labute approximate surface area is 390 Å². The number of aryl methyl sites for hydroxylation is 6. The second-order valence-electron chi connectivity index (χ2n) is 14.7. The average molecular weight is 920 g/mol. The maximum atomic E-state index is 10.4. The molecule has 13 nitrogen and oxygen atoms in total. The lowest BCUT2D eigenvalue weighted by Gasteiger charge is -2.06. The third-order valence-corrected chi connectivity index (χ3v) is 9.87. The molecule has 65 heavy (non-hydrogen) atoms. The van der Waals surface area contributed by atoms with E-state index in [-0.39, 0.29) is 17.5 Å². The topological polar surface area (TPSA) is 177 Å². The third kappa shape index (κ3) is 21.9. The molecule has 1 amide bonds. The molecule has 0 bridgehead atoms. The molecule has 3 N–H and O–H groups in total. The second kappa shape index (κ2) is 29.5. The van der Waals surface area contributed by atoms with Crippen LogP contribution in [0.3, 0.4) is 0 Å². The Morgan fingerprint density at radius 1 is 0.692 bits per heavy atom. The van der Waals surface area contributed by atoms with Crippen LogP contribution in [-0.2, 0) is 42.1 Å². The lowest BCUT2D eigenvalue weighted by atomic mass is 10.1. The summed E-state index contributed by atoms with van der Waals surface area (Å²) in [6.45, 7) is 6.28. The first-order valence-electron chi connectivity index (χ1n) is 21.1. The van der Waals surface area contributed by atoms with Crippen LogP contribution in [0.4, 0.5) is 0 Å². The number of benzene rings is 4. The normalized spacial score (nSPS) is 10.6. The Bertz CT molecular complexity index is 2410. The number of primary amides is 1. The van der Waals surface area contributed by atoms with Gasteiger partial charge in [0, 0.05) is 37.6 Å². The van der Waals surface area contributed by atoms with Gasteiger partial charge < -0.3 is 20.0 Å². The molecule has 0 aliphatic rings. The van der Waals surface area contributed by atoms with E-state index in [9.17, 15) is 9.59 Å².